The zero-order valence-corrected chi connectivity index (χ0v) is 22.2. The molecule has 0 aliphatic carbocycles. The molecule has 0 N–H and O–H groups in total. The summed E-state index contributed by atoms with van der Waals surface area (Å²) in [5, 5.41) is 0. The molecule has 1 aliphatic rings. The number of hydrogen-bond donors (Lipinski definition) is 0. The lowest BCUT2D eigenvalue weighted by Gasteiger charge is -2.37. The van der Waals surface area contributed by atoms with Crippen molar-refractivity contribution in [1.82, 2.24) is 4.90 Å². The molecule has 0 amide bonds. The van der Waals surface area contributed by atoms with Crippen LogP contribution >= 0.6 is 0 Å². The maximum absolute atomic E-state index is 13.0. The zero-order chi connectivity index (χ0) is 25.5. The van der Waals surface area contributed by atoms with Crippen LogP contribution in [0.15, 0.2) is 78.9 Å². The highest BCUT2D eigenvalue weighted by Gasteiger charge is 2.37. The largest absolute Gasteiger partial charge is 0.462 e. The topological polar surface area (TPSA) is 32.8 Å². The number of esters is 1. The summed E-state index contributed by atoms with van der Waals surface area (Å²) in [4.78, 5) is 18.0. The SMILES string of the molecule is Cc1ccc(-c2ccc(N3CCN(CCCC(C)(C(=O)OC(C)C)c4ccccc4)CC3)cc2)cc1. The summed E-state index contributed by atoms with van der Waals surface area (Å²) >= 11 is 0. The van der Waals surface area contributed by atoms with Crippen molar-refractivity contribution in [2.24, 2.45) is 0 Å². The smallest absolute Gasteiger partial charge is 0.316 e. The van der Waals surface area contributed by atoms with Crippen molar-refractivity contribution in [2.75, 3.05) is 37.6 Å². The highest BCUT2D eigenvalue weighted by Crippen LogP contribution is 2.31. The molecule has 1 atom stereocenters. The molecule has 1 aliphatic heterocycles. The molecule has 0 radical (unpaired) electrons. The standard InChI is InChI=1S/C32H40N2O2/c1-25(2)36-31(35)32(4,29-9-6-5-7-10-29)19-8-20-33-21-23-34(24-22-33)30-17-15-28(16-18-30)27-13-11-26(3)12-14-27/h5-7,9-18,25H,8,19-24H2,1-4H3. The average Bonchev–Trinajstić information content (AvgIpc) is 2.90. The fourth-order valence-electron chi connectivity index (χ4n) is 5.01. The third-order valence-electron chi connectivity index (χ3n) is 7.34. The number of carbonyl (C=O) groups excluding carboxylic acids is 1. The maximum Gasteiger partial charge on any atom is 0.316 e. The third-order valence-corrected chi connectivity index (χ3v) is 7.34. The van der Waals surface area contributed by atoms with Gasteiger partial charge in [-0.3, -0.25) is 9.69 Å². The molecule has 0 saturated carbocycles. The molecule has 1 unspecified atom stereocenters. The van der Waals surface area contributed by atoms with E-state index >= 15 is 0 Å². The van der Waals surface area contributed by atoms with E-state index in [4.69, 9.17) is 4.74 Å². The van der Waals surface area contributed by atoms with Gasteiger partial charge < -0.3 is 9.64 Å². The Balaban J connectivity index is 1.29. The van der Waals surface area contributed by atoms with Crippen LogP contribution < -0.4 is 4.90 Å². The van der Waals surface area contributed by atoms with E-state index < -0.39 is 5.41 Å². The number of piperazine rings is 1. The molecule has 1 heterocycles. The normalized spacial score (nSPS) is 16.1. The summed E-state index contributed by atoms with van der Waals surface area (Å²) in [6.45, 7) is 13.1. The van der Waals surface area contributed by atoms with Crippen LogP contribution in [0.25, 0.3) is 11.1 Å². The van der Waals surface area contributed by atoms with Crippen molar-refractivity contribution in [2.45, 2.75) is 52.1 Å². The van der Waals surface area contributed by atoms with Gasteiger partial charge in [-0.15, -0.1) is 0 Å². The minimum Gasteiger partial charge on any atom is -0.462 e. The first-order chi connectivity index (χ1) is 17.3. The van der Waals surface area contributed by atoms with Crippen molar-refractivity contribution in [3.05, 3.63) is 90.0 Å². The molecule has 3 aromatic rings. The Kier molecular flexibility index (Phi) is 8.48. The number of ether oxygens (including phenoxy) is 1. The van der Waals surface area contributed by atoms with Gasteiger partial charge >= 0.3 is 5.97 Å². The molecule has 4 rings (SSSR count). The van der Waals surface area contributed by atoms with E-state index in [2.05, 4.69) is 65.3 Å². The first-order valence-corrected chi connectivity index (χ1v) is 13.3. The molecule has 1 saturated heterocycles. The second-order valence-corrected chi connectivity index (χ2v) is 10.5. The van der Waals surface area contributed by atoms with Crippen LogP contribution in [0.1, 0.15) is 44.7 Å². The number of nitrogens with zero attached hydrogens (tertiary/aromatic N) is 2. The lowest BCUT2D eigenvalue weighted by Crippen LogP contribution is -2.47. The van der Waals surface area contributed by atoms with E-state index in [1.165, 1.54) is 22.4 Å². The molecule has 190 valence electrons. The number of carbonyl (C=O) groups is 1. The fourth-order valence-corrected chi connectivity index (χ4v) is 5.01. The van der Waals surface area contributed by atoms with E-state index in [0.29, 0.717) is 0 Å². The molecule has 0 aromatic heterocycles. The van der Waals surface area contributed by atoms with Crippen LogP contribution in [-0.4, -0.2) is 49.7 Å². The number of anilines is 1. The van der Waals surface area contributed by atoms with Crippen molar-refractivity contribution in [3.8, 4) is 11.1 Å². The predicted molar refractivity (Wildman–Crippen MR) is 150 cm³/mol. The Hall–Kier alpha value is -3.11. The molecule has 1 fully saturated rings. The van der Waals surface area contributed by atoms with Crippen molar-refractivity contribution in [1.29, 1.82) is 0 Å². The Morgan fingerprint density at radius 1 is 0.861 bits per heavy atom. The van der Waals surface area contributed by atoms with Crippen molar-refractivity contribution in [3.63, 3.8) is 0 Å². The van der Waals surface area contributed by atoms with E-state index in [1.807, 2.05) is 51.1 Å². The van der Waals surface area contributed by atoms with E-state index in [1.54, 1.807) is 0 Å². The third kappa shape index (κ3) is 6.36. The van der Waals surface area contributed by atoms with Crippen LogP contribution in [0.3, 0.4) is 0 Å². The van der Waals surface area contributed by atoms with E-state index in [-0.39, 0.29) is 12.1 Å². The molecule has 4 nitrogen and oxygen atoms in total. The molecular weight excluding hydrogens is 444 g/mol. The first kappa shape index (κ1) is 26.0. The van der Waals surface area contributed by atoms with Crippen LogP contribution in [0, 0.1) is 6.92 Å². The van der Waals surface area contributed by atoms with Crippen LogP contribution in [0.2, 0.25) is 0 Å². The second-order valence-electron chi connectivity index (χ2n) is 10.5. The van der Waals surface area contributed by atoms with Gasteiger partial charge in [0, 0.05) is 31.9 Å². The molecular formula is C32H40N2O2. The quantitative estimate of drug-likeness (QED) is 0.326. The number of benzene rings is 3. The van der Waals surface area contributed by atoms with Crippen molar-refractivity contribution < 1.29 is 9.53 Å². The van der Waals surface area contributed by atoms with Crippen molar-refractivity contribution >= 4 is 11.7 Å². The maximum atomic E-state index is 13.0. The summed E-state index contributed by atoms with van der Waals surface area (Å²) in [5.41, 5.74) is 5.51. The van der Waals surface area contributed by atoms with Gasteiger partial charge in [0.15, 0.2) is 0 Å². The average molecular weight is 485 g/mol. The van der Waals surface area contributed by atoms with Crippen LogP contribution in [-0.2, 0) is 14.9 Å². The van der Waals surface area contributed by atoms with Gasteiger partial charge in [0.1, 0.15) is 0 Å². The minimum absolute atomic E-state index is 0.112. The highest BCUT2D eigenvalue weighted by molar-refractivity contribution is 5.82. The number of hydrogen-bond acceptors (Lipinski definition) is 4. The molecule has 36 heavy (non-hydrogen) atoms. The Labute approximate surface area is 216 Å². The predicted octanol–water partition coefficient (Wildman–Crippen LogP) is 6.47. The van der Waals surface area contributed by atoms with Gasteiger partial charge in [-0.1, -0.05) is 72.3 Å². The van der Waals surface area contributed by atoms with Gasteiger partial charge in [-0.25, -0.2) is 0 Å². The Morgan fingerprint density at radius 2 is 1.44 bits per heavy atom. The monoisotopic (exact) mass is 484 g/mol. The molecule has 4 heteroatoms. The highest BCUT2D eigenvalue weighted by atomic mass is 16.5. The summed E-state index contributed by atoms with van der Waals surface area (Å²) in [5.74, 6) is -0.123. The van der Waals surface area contributed by atoms with Gasteiger partial charge in [0.05, 0.1) is 11.5 Å². The van der Waals surface area contributed by atoms with Gasteiger partial charge in [-0.2, -0.15) is 0 Å². The zero-order valence-electron chi connectivity index (χ0n) is 22.2. The van der Waals surface area contributed by atoms with Crippen LogP contribution in [0.5, 0.6) is 0 Å². The molecule has 0 bridgehead atoms. The number of aryl methyl sites for hydroxylation is 1. The lowest BCUT2D eigenvalue weighted by molar-refractivity contribution is -0.154. The summed E-state index contributed by atoms with van der Waals surface area (Å²) < 4.78 is 5.66. The summed E-state index contributed by atoms with van der Waals surface area (Å²) in [7, 11) is 0. The Morgan fingerprint density at radius 3 is 2.03 bits per heavy atom. The van der Waals surface area contributed by atoms with Gasteiger partial charge in [-0.05, 0) is 75.9 Å². The lowest BCUT2D eigenvalue weighted by atomic mass is 9.78. The van der Waals surface area contributed by atoms with E-state index in [0.717, 1.165) is 51.1 Å². The fraction of sp³-hybridized carbons (Fsp3) is 0.406. The van der Waals surface area contributed by atoms with Gasteiger partial charge in [0.2, 0.25) is 0 Å². The van der Waals surface area contributed by atoms with Crippen LogP contribution in [0.4, 0.5) is 5.69 Å². The second kappa shape index (κ2) is 11.7. The Bertz CT molecular complexity index is 1100. The minimum atomic E-state index is -0.619. The first-order valence-electron chi connectivity index (χ1n) is 13.3. The van der Waals surface area contributed by atoms with E-state index in [9.17, 15) is 4.79 Å². The summed E-state index contributed by atoms with van der Waals surface area (Å²) in [6.07, 6.45) is 1.63. The number of rotatable bonds is 9. The molecule has 3 aromatic carbocycles. The van der Waals surface area contributed by atoms with Gasteiger partial charge in [0.25, 0.3) is 0 Å². The summed E-state index contributed by atoms with van der Waals surface area (Å²) in [6, 6.07) is 27.7. The molecule has 0 spiro atoms.